The zero-order valence-corrected chi connectivity index (χ0v) is 36.9. The molecule has 0 spiro atoms. The number of unbranched alkanes of at least 4 members (excludes halogenated alkanes) is 29. The van der Waals surface area contributed by atoms with Crippen molar-refractivity contribution in [2.24, 2.45) is 0 Å². The lowest BCUT2D eigenvalue weighted by Gasteiger charge is -2.28. The Labute approximate surface area is 329 Å². The first kappa shape index (κ1) is 52.5. The number of phosphoric acid groups is 1. The standard InChI is InChI=1S/C44H90NO7P/c1-6-8-10-12-14-16-18-20-21-22-23-24-25-26-28-30-32-34-36-39-49-41-43(42-51-53(47,48)50-40-38-45(3,4)5)52-44(46)37-35-33-31-29-27-19-17-15-13-11-9-7-2/h43H,6-42H2,1-5H3. The van der Waals surface area contributed by atoms with Crippen LogP contribution in [0.25, 0.3) is 0 Å². The van der Waals surface area contributed by atoms with Crippen LogP contribution in [-0.4, -0.2) is 70.7 Å². The summed E-state index contributed by atoms with van der Waals surface area (Å²) in [6, 6.07) is 0. The van der Waals surface area contributed by atoms with Crippen molar-refractivity contribution in [3.8, 4) is 0 Å². The molecule has 0 saturated carbocycles. The maximum Gasteiger partial charge on any atom is 0.306 e. The molecule has 0 fully saturated rings. The van der Waals surface area contributed by atoms with Gasteiger partial charge in [-0.3, -0.25) is 9.36 Å². The van der Waals surface area contributed by atoms with Crippen LogP contribution >= 0.6 is 7.82 Å². The number of hydrogen-bond acceptors (Lipinski definition) is 7. The Morgan fingerprint density at radius 3 is 1.25 bits per heavy atom. The Hall–Kier alpha value is -0.500. The molecule has 0 aliphatic carbocycles. The highest BCUT2D eigenvalue weighted by molar-refractivity contribution is 7.45. The van der Waals surface area contributed by atoms with Gasteiger partial charge in [-0.25, -0.2) is 0 Å². The number of ether oxygens (including phenoxy) is 2. The summed E-state index contributed by atoms with van der Waals surface area (Å²) in [7, 11) is 1.37. The lowest BCUT2D eigenvalue weighted by atomic mass is 10.0. The molecule has 53 heavy (non-hydrogen) atoms. The van der Waals surface area contributed by atoms with E-state index in [0.717, 1.165) is 32.1 Å². The fraction of sp³-hybridized carbons (Fsp3) is 0.977. The van der Waals surface area contributed by atoms with E-state index < -0.39 is 13.9 Å². The van der Waals surface area contributed by atoms with Gasteiger partial charge in [0.25, 0.3) is 7.82 Å². The summed E-state index contributed by atoms with van der Waals surface area (Å²) in [5, 5.41) is 0. The predicted octanol–water partition coefficient (Wildman–Crippen LogP) is 12.6. The van der Waals surface area contributed by atoms with Crippen LogP contribution in [0.2, 0.25) is 0 Å². The Bertz CT molecular complexity index is 822. The van der Waals surface area contributed by atoms with Crippen LogP contribution < -0.4 is 4.89 Å². The molecule has 0 radical (unpaired) electrons. The van der Waals surface area contributed by atoms with E-state index >= 15 is 0 Å². The second-order valence-electron chi connectivity index (χ2n) is 16.8. The average molecular weight is 776 g/mol. The fourth-order valence-corrected chi connectivity index (χ4v) is 7.34. The zero-order valence-electron chi connectivity index (χ0n) is 36.0. The minimum atomic E-state index is -4.51. The predicted molar refractivity (Wildman–Crippen MR) is 222 cm³/mol. The third-order valence-electron chi connectivity index (χ3n) is 10.2. The number of quaternary nitrogens is 1. The van der Waals surface area contributed by atoms with Crippen molar-refractivity contribution in [2.75, 3.05) is 54.1 Å². The summed E-state index contributed by atoms with van der Waals surface area (Å²) in [6.45, 7) is 5.46. The Kier molecular flexibility index (Phi) is 38.0. The minimum absolute atomic E-state index is 0.0313. The highest BCUT2D eigenvalue weighted by atomic mass is 31.2. The van der Waals surface area contributed by atoms with Crippen molar-refractivity contribution in [1.82, 2.24) is 0 Å². The van der Waals surface area contributed by atoms with Gasteiger partial charge < -0.3 is 27.9 Å². The first-order valence-corrected chi connectivity index (χ1v) is 24.2. The molecular formula is C44H90NO7P. The highest BCUT2D eigenvalue weighted by Crippen LogP contribution is 2.38. The van der Waals surface area contributed by atoms with E-state index in [1.54, 1.807) is 0 Å². The number of phosphoric ester groups is 1. The van der Waals surface area contributed by atoms with Gasteiger partial charge in [0.1, 0.15) is 19.3 Å². The van der Waals surface area contributed by atoms with Crippen molar-refractivity contribution in [2.45, 2.75) is 225 Å². The van der Waals surface area contributed by atoms with E-state index in [9.17, 15) is 14.3 Å². The summed E-state index contributed by atoms with van der Waals surface area (Å²) in [4.78, 5) is 25.0. The Morgan fingerprint density at radius 1 is 0.509 bits per heavy atom. The van der Waals surface area contributed by atoms with Gasteiger partial charge in [-0.1, -0.05) is 200 Å². The van der Waals surface area contributed by atoms with Gasteiger partial charge in [-0.05, 0) is 12.8 Å². The molecule has 0 amide bonds. The number of carbonyl (C=O) groups excluding carboxylic acids is 1. The van der Waals surface area contributed by atoms with Crippen molar-refractivity contribution in [3.63, 3.8) is 0 Å². The fourth-order valence-electron chi connectivity index (χ4n) is 6.61. The molecule has 0 aromatic rings. The van der Waals surface area contributed by atoms with Gasteiger partial charge in [0.05, 0.1) is 34.4 Å². The van der Waals surface area contributed by atoms with Gasteiger partial charge in [-0.2, -0.15) is 0 Å². The number of nitrogens with zero attached hydrogens (tertiary/aromatic N) is 1. The van der Waals surface area contributed by atoms with E-state index in [1.807, 2.05) is 21.1 Å². The maximum absolute atomic E-state index is 12.6. The van der Waals surface area contributed by atoms with Crippen LogP contribution in [-0.2, 0) is 27.9 Å². The summed E-state index contributed by atoms with van der Waals surface area (Å²) < 4.78 is 34.6. The van der Waals surface area contributed by atoms with Crippen LogP contribution in [0.1, 0.15) is 219 Å². The molecule has 2 unspecified atom stereocenters. The van der Waals surface area contributed by atoms with Crippen LogP contribution in [0.15, 0.2) is 0 Å². The van der Waals surface area contributed by atoms with E-state index in [4.69, 9.17) is 18.5 Å². The third kappa shape index (κ3) is 42.5. The lowest BCUT2D eigenvalue weighted by Crippen LogP contribution is -2.37. The summed E-state index contributed by atoms with van der Waals surface area (Å²) in [5.74, 6) is -0.329. The molecule has 0 aromatic heterocycles. The molecule has 0 aromatic carbocycles. The topological polar surface area (TPSA) is 94.1 Å². The molecule has 8 nitrogen and oxygen atoms in total. The van der Waals surface area contributed by atoms with E-state index in [-0.39, 0.29) is 25.8 Å². The van der Waals surface area contributed by atoms with Crippen molar-refractivity contribution in [3.05, 3.63) is 0 Å². The first-order valence-electron chi connectivity index (χ1n) is 22.8. The zero-order chi connectivity index (χ0) is 39.1. The average Bonchev–Trinajstić information content (AvgIpc) is 3.11. The molecule has 0 saturated heterocycles. The molecule has 0 aliphatic heterocycles. The number of carbonyl (C=O) groups is 1. The molecule has 9 heteroatoms. The molecule has 0 bridgehead atoms. The van der Waals surface area contributed by atoms with Crippen LogP contribution in [0.3, 0.4) is 0 Å². The van der Waals surface area contributed by atoms with Gasteiger partial charge >= 0.3 is 5.97 Å². The van der Waals surface area contributed by atoms with Gasteiger partial charge in [0.2, 0.25) is 0 Å². The van der Waals surface area contributed by atoms with Crippen molar-refractivity contribution >= 4 is 13.8 Å². The van der Waals surface area contributed by atoms with Crippen LogP contribution in [0.5, 0.6) is 0 Å². The molecule has 318 valence electrons. The molecule has 0 heterocycles. The minimum Gasteiger partial charge on any atom is -0.756 e. The van der Waals surface area contributed by atoms with Crippen LogP contribution in [0.4, 0.5) is 0 Å². The third-order valence-corrected chi connectivity index (χ3v) is 11.1. The lowest BCUT2D eigenvalue weighted by molar-refractivity contribution is -0.870. The highest BCUT2D eigenvalue weighted by Gasteiger charge is 2.20. The SMILES string of the molecule is CCCCCCCCCCCCCCCCCCCCCOCC(COP(=O)([O-])OCC[N+](C)(C)C)OC(=O)CCCCCCCCCCCCCC. The molecule has 0 N–H and O–H groups in total. The number of esters is 1. The maximum atomic E-state index is 12.6. The van der Waals surface area contributed by atoms with Gasteiger partial charge in [0.15, 0.2) is 0 Å². The van der Waals surface area contributed by atoms with Gasteiger partial charge in [-0.15, -0.1) is 0 Å². The smallest absolute Gasteiger partial charge is 0.306 e. The molecule has 0 rings (SSSR count). The number of hydrogen-bond donors (Lipinski definition) is 0. The second-order valence-corrected chi connectivity index (χ2v) is 18.2. The normalized spacial score (nSPS) is 13.7. The van der Waals surface area contributed by atoms with Crippen LogP contribution in [0, 0.1) is 0 Å². The number of likely N-dealkylation sites (N-methyl/N-ethyl adjacent to an activating group) is 1. The summed E-state index contributed by atoms with van der Waals surface area (Å²) >= 11 is 0. The monoisotopic (exact) mass is 776 g/mol. The van der Waals surface area contributed by atoms with E-state index in [1.165, 1.54) is 167 Å². The van der Waals surface area contributed by atoms with E-state index in [2.05, 4.69) is 13.8 Å². The largest absolute Gasteiger partial charge is 0.756 e. The van der Waals surface area contributed by atoms with E-state index in [0.29, 0.717) is 24.1 Å². The molecule has 0 aliphatic rings. The van der Waals surface area contributed by atoms with Crippen molar-refractivity contribution < 1.29 is 37.3 Å². The Balaban J connectivity index is 4.12. The summed E-state index contributed by atoms with van der Waals surface area (Å²) in [6.07, 6.45) is 39.7. The first-order chi connectivity index (χ1) is 25.6. The summed E-state index contributed by atoms with van der Waals surface area (Å²) in [5.41, 5.74) is 0. The Morgan fingerprint density at radius 2 is 0.868 bits per heavy atom. The van der Waals surface area contributed by atoms with Crippen molar-refractivity contribution in [1.29, 1.82) is 0 Å². The molecular weight excluding hydrogens is 685 g/mol. The quantitative estimate of drug-likeness (QED) is 0.0263. The second kappa shape index (κ2) is 38.4. The number of rotatable bonds is 43. The molecule has 2 atom stereocenters. The van der Waals surface area contributed by atoms with Gasteiger partial charge in [0, 0.05) is 13.0 Å².